The zero-order valence-corrected chi connectivity index (χ0v) is 14.8. The van der Waals surface area contributed by atoms with Crippen molar-refractivity contribution in [3.63, 3.8) is 0 Å². The van der Waals surface area contributed by atoms with E-state index in [9.17, 15) is 19.8 Å². The van der Waals surface area contributed by atoms with Crippen LogP contribution in [-0.2, 0) is 9.47 Å². The largest absolute Gasteiger partial charge is 2.00 e. The first-order valence-electron chi connectivity index (χ1n) is 7.59. The summed E-state index contributed by atoms with van der Waals surface area (Å²) in [5.41, 5.74) is 0.119. The van der Waals surface area contributed by atoms with E-state index in [1.165, 1.54) is 36.4 Å². The van der Waals surface area contributed by atoms with E-state index in [1.807, 2.05) is 0 Å². The minimum absolute atomic E-state index is 0. The third-order valence-corrected chi connectivity index (χ3v) is 2.88. The molecule has 0 fully saturated rings. The van der Waals surface area contributed by atoms with Crippen LogP contribution >= 0.6 is 0 Å². The zero-order chi connectivity index (χ0) is 19.4. The monoisotopic (exact) mass is 363 g/mol. The predicted octanol–water partition coefficient (Wildman–Crippen LogP) is 1.83. The number of hydrogen-bond acceptors (Lipinski definition) is 6. The second-order valence-corrected chi connectivity index (χ2v) is 4.77. The van der Waals surface area contributed by atoms with Gasteiger partial charge in [-0.2, -0.15) is 0 Å². The van der Waals surface area contributed by atoms with Gasteiger partial charge in [0.1, 0.15) is 13.2 Å². The molecule has 0 aliphatic heterocycles. The van der Waals surface area contributed by atoms with Gasteiger partial charge in [0.2, 0.25) is 0 Å². The summed E-state index contributed by atoms with van der Waals surface area (Å²) in [7, 11) is 0. The van der Waals surface area contributed by atoms with Gasteiger partial charge in [0, 0.05) is 0 Å². The van der Waals surface area contributed by atoms with Crippen molar-refractivity contribution in [3.05, 3.63) is 85.0 Å². The molecule has 0 saturated heterocycles. The van der Waals surface area contributed by atoms with E-state index in [4.69, 9.17) is 9.47 Å². The Labute approximate surface area is 161 Å². The molecule has 2 rings (SSSR count). The van der Waals surface area contributed by atoms with Crippen molar-refractivity contribution in [1.29, 1.82) is 0 Å². The van der Waals surface area contributed by atoms with Gasteiger partial charge in [-0.05, 0) is 12.1 Å². The van der Waals surface area contributed by atoms with Gasteiger partial charge in [-0.15, -0.1) is 0 Å². The van der Waals surface area contributed by atoms with Crippen LogP contribution in [0.2, 0.25) is 0 Å². The molecule has 0 aliphatic rings. The third kappa shape index (κ3) is 8.03. The van der Waals surface area contributed by atoms with E-state index in [2.05, 4.69) is 13.2 Å². The zero-order valence-electron chi connectivity index (χ0n) is 14.8. The van der Waals surface area contributed by atoms with Crippen molar-refractivity contribution in [2.24, 2.45) is 0 Å². The molecular weight excluding hydrogens is 345 g/mol. The maximum Gasteiger partial charge on any atom is 2.00 e. The van der Waals surface area contributed by atoms with E-state index < -0.39 is 11.9 Å². The van der Waals surface area contributed by atoms with E-state index in [0.717, 1.165) is 0 Å². The molecule has 0 saturated carbocycles. The van der Waals surface area contributed by atoms with Crippen LogP contribution < -0.4 is 10.2 Å². The summed E-state index contributed by atoms with van der Waals surface area (Å²) in [6.07, 6.45) is 2.90. The van der Waals surface area contributed by atoms with Crippen molar-refractivity contribution < 1.29 is 29.3 Å². The molecule has 2 aromatic rings. The first kappa shape index (κ1) is 23.6. The molecule has 2 aromatic carbocycles. The van der Waals surface area contributed by atoms with Crippen LogP contribution in [0.4, 0.5) is 0 Å². The number of carbonyl (C=O) groups excluding carboxylic acids is 2. The summed E-state index contributed by atoms with van der Waals surface area (Å²) in [5, 5.41) is 22.2. The molecule has 6 nitrogen and oxygen atoms in total. The molecule has 0 heterocycles. The van der Waals surface area contributed by atoms with Crippen LogP contribution in [0.25, 0.3) is 0 Å². The van der Waals surface area contributed by atoms with Crippen molar-refractivity contribution in [3.8, 4) is 11.5 Å². The fraction of sp³-hybridized carbons (Fsp3) is 0.100. The summed E-state index contributed by atoms with van der Waals surface area (Å²) < 4.78 is 9.40. The molecule has 27 heavy (non-hydrogen) atoms. The van der Waals surface area contributed by atoms with Crippen molar-refractivity contribution in [2.45, 2.75) is 0 Å². The molecule has 0 bridgehead atoms. The summed E-state index contributed by atoms with van der Waals surface area (Å²) in [5.74, 6) is -1.86. The Bertz CT molecular complexity index is 707. The molecule has 0 amide bonds. The van der Waals surface area contributed by atoms with Gasteiger partial charge in [0.05, 0.1) is 11.1 Å². The maximum atomic E-state index is 11.2. The quantitative estimate of drug-likeness (QED) is 0.441. The number of rotatable bonds is 6. The van der Waals surface area contributed by atoms with E-state index >= 15 is 0 Å². The van der Waals surface area contributed by atoms with E-state index in [0.29, 0.717) is 0 Å². The van der Waals surface area contributed by atoms with Crippen LogP contribution in [0.5, 0.6) is 11.5 Å². The van der Waals surface area contributed by atoms with Gasteiger partial charge in [-0.25, -0.2) is 9.59 Å². The Morgan fingerprint density at radius 2 is 1.11 bits per heavy atom. The molecule has 0 radical (unpaired) electrons. The van der Waals surface area contributed by atoms with Crippen molar-refractivity contribution >= 4 is 22.1 Å². The Balaban J connectivity index is 0.000000483. The molecule has 0 aliphatic carbocycles. The summed E-state index contributed by atoms with van der Waals surface area (Å²) >= 11 is 0. The van der Waals surface area contributed by atoms with Gasteiger partial charge in [-0.1, -0.05) is 73.2 Å². The second-order valence-electron chi connectivity index (χ2n) is 4.77. The first-order valence-corrected chi connectivity index (χ1v) is 7.59. The normalized spacial score (nSPS) is 8.89. The summed E-state index contributed by atoms with van der Waals surface area (Å²) in [6.45, 7) is 7.02. The van der Waals surface area contributed by atoms with Crippen LogP contribution in [-0.4, -0.2) is 35.3 Å². The molecule has 136 valence electrons. The van der Waals surface area contributed by atoms with Crippen LogP contribution in [0.15, 0.2) is 73.8 Å². The maximum absolute atomic E-state index is 11.2. The first-order chi connectivity index (χ1) is 12.5. The van der Waals surface area contributed by atoms with Gasteiger partial charge < -0.3 is 19.7 Å². The minimum Gasteiger partial charge on any atom is -0.872 e. The van der Waals surface area contributed by atoms with E-state index in [-0.39, 0.29) is 46.0 Å². The number of para-hydroxylation sites is 2. The topological polar surface area (TPSA) is 98.7 Å². The Morgan fingerprint density at radius 1 is 0.778 bits per heavy atom. The fourth-order valence-electron chi connectivity index (χ4n) is 1.70. The molecule has 0 spiro atoms. The average molecular weight is 363 g/mol. The molecule has 0 aromatic heterocycles. The number of benzene rings is 2. The number of esters is 2. The predicted molar refractivity (Wildman–Crippen MR) is 98.5 cm³/mol. The molecular formula is C20H18BeO6. The summed E-state index contributed by atoms with van der Waals surface area (Å²) in [6, 6.07) is 11.9. The van der Waals surface area contributed by atoms with Gasteiger partial charge in [-0.3, -0.25) is 0 Å². The third-order valence-electron chi connectivity index (χ3n) is 2.88. The molecule has 7 heteroatoms. The Morgan fingerprint density at radius 3 is 1.41 bits per heavy atom. The SMILES string of the molecule is C=CCOC(=O)c1ccccc1[O-].C=CCOC(=O)c1ccccc1[O-].[Be+2]. The van der Waals surface area contributed by atoms with E-state index in [1.54, 1.807) is 24.3 Å². The Hall–Kier alpha value is -3.37. The molecule has 0 N–H and O–H groups in total. The second kappa shape index (κ2) is 12.9. The smallest absolute Gasteiger partial charge is 0.872 e. The minimum atomic E-state index is -0.606. The average Bonchev–Trinajstić information content (AvgIpc) is 2.65. The summed E-state index contributed by atoms with van der Waals surface area (Å²) in [4.78, 5) is 22.3. The van der Waals surface area contributed by atoms with Crippen LogP contribution in [0.1, 0.15) is 20.7 Å². The van der Waals surface area contributed by atoms with Gasteiger partial charge in [0.15, 0.2) is 0 Å². The number of carbonyl (C=O) groups is 2. The fourth-order valence-corrected chi connectivity index (χ4v) is 1.70. The number of ether oxygens (including phenoxy) is 2. The van der Waals surface area contributed by atoms with Crippen molar-refractivity contribution in [1.82, 2.24) is 0 Å². The molecule has 0 unspecified atom stereocenters. The van der Waals surface area contributed by atoms with Crippen LogP contribution in [0, 0.1) is 0 Å². The number of hydrogen-bond donors (Lipinski definition) is 0. The standard InChI is InChI=1S/2C10H10O3.Be/c2*1-2-7-13-10(12)8-5-3-4-6-9(8)11;/h2*2-6,11H,1,7H2;/q;;+2/p-2. The van der Waals surface area contributed by atoms with Gasteiger partial charge >= 0.3 is 22.1 Å². The van der Waals surface area contributed by atoms with Crippen molar-refractivity contribution in [2.75, 3.05) is 13.2 Å². The van der Waals surface area contributed by atoms with Crippen LogP contribution in [0.3, 0.4) is 0 Å². The van der Waals surface area contributed by atoms with Gasteiger partial charge in [0.25, 0.3) is 0 Å². The molecule has 0 atom stereocenters. The Kier molecular flexibility index (Phi) is 11.3.